The highest BCUT2D eigenvalue weighted by molar-refractivity contribution is 14.1. The Kier molecular flexibility index (Phi) is 5.42. The van der Waals surface area contributed by atoms with Gasteiger partial charge < -0.3 is 4.74 Å². The monoisotopic (exact) mass is 343 g/mol. The maximum Gasteiger partial charge on any atom is 0.310 e. The van der Waals surface area contributed by atoms with Crippen LogP contribution in [0.25, 0.3) is 0 Å². The van der Waals surface area contributed by atoms with E-state index in [1.807, 2.05) is 19.1 Å². The van der Waals surface area contributed by atoms with Crippen molar-refractivity contribution in [3.05, 3.63) is 32.4 Å². The molecule has 17 heavy (non-hydrogen) atoms. The second-order valence-electron chi connectivity index (χ2n) is 3.56. The Morgan fingerprint density at radius 2 is 2.18 bits per heavy atom. The summed E-state index contributed by atoms with van der Waals surface area (Å²) in [6.45, 7) is 4.19. The van der Waals surface area contributed by atoms with Gasteiger partial charge in [0.05, 0.1) is 18.6 Å². The van der Waals surface area contributed by atoms with Crippen LogP contribution in [0, 0.1) is 14.9 Å². The number of ether oxygens (including phenoxy) is 1. The van der Waals surface area contributed by atoms with Crippen molar-refractivity contribution in [1.82, 2.24) is 0 Å². The summed E-state index contributed by atoms with van der Waals surface area (Å²) < 4.78 is 5.80. The van der Waals surface area contributed by atoms with Crippen molar-refractivity contribution in [3.63, 3.8) is 0 Å². The first-order valence-corrected chi connectivity index (χ1v) is 6.57. The lowest BCUT2D eigenvalue weighted by molar-refractivity contribution is -0.142. The summed E-state index contributed by atoms with van der Waals surface area (Å²) in [5.41, 5.74) is 2.47. The number of nitrogens with zero attached hydrogens (tertiary/aromatic N) is 1. The van der Waals surface area contributed by atoms with E-state index in [0.29, 0.717) is 12.2 Å². The topological polar surface area (TPSA) is 50.1 Å². The van der Waals surface area contributed by atoms with E-state index in [4.69, 9.17) is 10.00 Å². The summed E-state index contributed by atoms with van der Waals surface area (Å²) in [6, 6.07) is 6.04. The molecule has 0 heterocycles. The van der Waals surface area contributed by atoms with Crippen LogP contribution in [0.3, 0.4) is 0 Å². The van der Waals surface area contributed by atoms with E-state index in [2.05, 4.69) is 28.7 Å². The van der Waals surface area contributed by atoms with Crippen LogP contribution in [0.15, 0.2) is 12.1 Å². The van der Waals surface area contributed by atoms with E-state index < -0.39 is 0 Å². The molecule has 4 heteroatoms. The van der Waals surface area contributed by atoms with E-state index in [-0.39, 0.29) is 12.4 Å². The second kappa shape index (κ2) is 6.60. The van der Waals surface area contributed by atoms with E-state index in [9.17, 15) is 4.79 Å². The van der Waals surface area contributed by atoms with Gasteiger partial charge in [-0.15, -0.1) is 0 Å². The van der Waals surface area contributed by atoms with Gasteiger partial charge in [0.2, 0.25) is 0 Å². The molecule has 90 valence electrons. The van der Waals surface area contributed by atoms with Gasteiger partial charge in [-0.2, -0.15) is 5.26 Å². The number of hydrogen-bond acceptors (Lipinski definition) is 3. The Balaban J connectivity index is 3.08. The molecule has 0 aliphatic rings. The lowest BCUT2D eigenvalue weighted by Gasteiger charge is -2.08. The standard InChI is InChI=1S/C13H14INO2/c1-3-9-5-10(7-13(16)17-4-2)11(8-15)12(14)6-9/h5-6H,3-4,7H2,1-2H3. The fraction of sp³-hybridized carbons (Fsp3) is 0.385. The lowest BCUT2D eigenvalue weighted by atomic mass is 10.0. The number of hydrogen-bond donors (Lipinski definition) is 0. The highest BCUT2D eigenvalue weighted by Crippen LogP contribution is 2.20. The van der Waals surface area contributed by atoms with Gasteiger partial charge in [0, 0.05) is 3.57 Å². The maximum atomic E-state index is 11.5. The van der Waals surface area contributed by atoms with Crippen molar-refractivity contribution in [2.24, 2.45) is 0 Å². The van der Waals surface area contributed by atoms with Crippen LogP contribution in [0.5, 0.6) is 0 Å². The van der Waals surface area contributed by atoms with Crippen molar-refractivity contribution in [3.8, 4) is 6.07 Å². The van der Waals surface area contributed by atoms with Crippen LogP contribution in [0.1, 0.15) is 30.5 Å². The van der Waals surface area contributed by atoms with E-state index in [1.165, 1.54) is 0 Å². The molecule has 0 aliphatic heterocycles. The van der Waals surface area contributed by atoms with Gasteiger partial charge in [-0.05, 0) is 53.1 Å². The molecule has 0 unspecified atom stereocenters. The number of benzene rings is 1. The molecule has 0 fully saturated rings. The summed E-state index contributed by atoms with van der Waals surface area (Å²) in [5, 5.41) is 9.10. The van der Waals surface area contributed by atoms with Gasteiger partial charge in [-0.3, -0.25) is 4.79 Å². The molecular weight excluding hydrogens is 329 g/mol. The predicted octanol–water partition coefficient (Wildman–Crippen LogP) is 2.83. The fourth-order valence-corrected chi connectivity index (χ4v) is 2.43. The molecular formula is C13H14INO2. The Bertz CT molecular complexity index is 463. The average Bonchev–Trinajstić information content (AvgIpc) is 2.28. The van der Waals surface area contributed by atoms with Crippen molar-refractivity contribution in [2.45, 2.75) is 26.7 Å². The average molecular weight is 343 g/mol. The van der Waals surface area contributed by atoms with Crippen LogP contribution in [-0.4, -0.2) is 12.6 Å². The third-order valence-corrected chi connectivity index (χ3v) is 3.24. The molecule has 1 aromatic carbocycles. The number of carbonyl (C=O) groups is 1. The summed E-state index contributed by atoms with van der Waals surface area (Å²) >= 11 is 2.13. The van der Waals surface area contributed by atoms with Crippen molar-refractivity contribution in [2.75, 3.05) is 6.61 Å². The molecule has 0 atom stereocenters. The fourth-order valence-electron chi connectivity index (χ4n) is 1.56. The van der Waals surface area contributed by atoms with Crippen molar-refractivity contribution < 1.29 is 9.53 Å². The molecule has 0 saturated heterocycles. The molecule has 1 rings (SSSR count). The van der Waals surface area contributed by atoms with Gasteiger partial charge in [0.25, 0.3) is 0 Å². The Hall–Kier alpha value is -1.09. The molecule has 3 nitrogen and oxygen atoms in total. The molecule has 0 bridgehead atoms. The quantitative estimate of drug-likeness (QED) is 0.624. The highest BCUT2D eigenvalue weighted by Gasteiger charge is 2.12. The summed E-state index contributed by atoms with van der Waals surface area (Å²) in [7, 11) is 0. The van der Waals surface area contributed by atoms with Gasteiger partial charge in [-0.25, -0.2) is 0 Å². The molecule has 0 radical (unpaired) electrons. The zero-order valence-electron chi connectivity index (χ0n) is 9.92. The van der Waals surface area contributed by atoms with Gasteiger partial charge in [-0.1, -0.05) is 13.0 Å². The first-order valence-electron chi connectivity index (χ1n) is 5.49. The minimum absolute atomic E-state index is 0.167. The highest BCUT2D eigenvalue weighted by atomic mass is 127. The van der Waals surface area contributed by atoms with Gasteiger partial charge in [0.1, 0.15) is 6.07 Å². The Morgan fingerprint density at radius 1 is 1.47 bits per heavy atom. The largest absolute Gasteiger partial charge is 0.466 e. The van der Waals surface area contributed by atoms with E-state index >= 15 is 0 Å². The van der Waals surface area contributed by atoms with Gasteiger partial charge >= 0.3 is 5.97 Å². The van der Waals surface area contributed by atoms with Crippen LogP contribution in [0.4, 0.5) is 0 Å². The van der Waals surface area contributed by atoms with Gasteiger partial charge in [0.15, 0.2) is 0 Å². The molecule has 0 spiro atoms. The zero-order valence-corrected chi connectivity index (χ0v) is 12.1. The third kappa shape index (κ3) is 3.70. The molecule has 0 amide bonds. The number of halogens is 1. The predicted molar refractivity (Wildman–Crippen MR) is 73.6 cm³/mol. The number of rotatable bonds is 4. The summed E-state index contributed by atoms with van der Waals surface area (Å²) in [6.07, 6.45) is 1.05. The van der Waals surface area contributed by atoms with Crippen LogP contribution >= 0.6 is 22.6 Å². The van der Waals surface area contributed by atoms with Crippen LogP contribution < -0.4 is 0 Å². The smallest absolute Gasteiger partial charge is 0.310 e. The molecule has 0 N–H and O–H groups in total. The second-order valence-corrected chi connectivity index (χ2v) is 4.72. The number of carbonyl (C=O) groups excluding carboxylic acids is 1. The lowest BCUT2D eigenvalue weighted by Crippen LogP contribution is -2.09. The third-order valence-electron chi connectivity index (χ3n) is 2.39. The van der Waals surface area contributed by atoms with Crippen molar-refractivity contribution in [1.29, 1.82) is 5.26 Å². The number of aryl methyl sites for hydroxylation is 1. The number of nitriles is 1. The molecule has 1 aromatic rings. The number of esters is 1. The normalized spacial score (nSPS) is 9.76. The molecule has 0 saturated carbocycles. The van der Waals surface area contributed by atoms with E-state index in [0.717, 1.165) is 21.1 Å². The Labute approximate surface area is 115 Å². The zero-order chi connectivity index (χ0) is 12.8. The van der Waals surface area contributed by atoms with E-state index in [1.54, 1.807) is 6.92 Å². The molecule has 0 aromatic heterocycles. The minimum atomic E-state index is -0.284. The first kappa shape index (κ1) is 14.0. The summed E-state index contributed by atoms with van der Waals surface area (Å²) in [5.74, 6) is -0.284. The minimum Gasteiger partial charge on any atom is -0.466 e. The van der Waals surface area contributed by atoms with Crippen LogP contribution in [-0.2, 0) is 22.4 Å². The molecule has 0 aliphatic carbocycles. The summed E-state index contributed by atoms with van der Waals surface area (Å²) in [4.78, 5) is 11.5. The maximum absolute atomic E-state index is 11.5. The van der Waals surface area contributed by atoms with Crippen LogP contribution in [0.2, 0.25) is 0 Å². The first-order chi connectivity index (χ1) is 8.12. The van der Waals surface area contributed by atoms with Crippen molar-refractivity contribution >= 4 is 28.6 Å². The Morgan fingerprint density at radius 3 is 2.71 bits per heavy atom. The SMILES string of the molecule is CCOC(=O)Cc1cc(CC)cc(I)c1C#N.